The molecule has 1 aliphatic heterocycles. The van der Waals surface area contributed by atoms with Crippen LogP contribution in [0.25, 0.3) is 0 Å². The number of aromatic nitrogens is 2. The lowest BCUT2D eigenvalue weighted by Gasteiger charge is -2.32. The van der Waals surface area contributed by atoms with Crippen LogP contribution >= 0.6 is 11.6 Å². The van der Waals surface area contributed by atoms with Gasteiger partial charge in [0.1, 0.15) is 16.6 Å². The zero-order valence-corrected chi connectivity index (χ0v) is 16.5. The Morgan fingerprint density at radius 1 is 1.30 bits per heavy atom. The molecule has 3 atom stereocenters. The van der Waals surface area contributed by atoms with E-state index in [0.717, 1.165) is 10.2 Å². The maximum atomic E-state index is 13.7. The molecule has 1 unspecified atom stereocenters. The highest BCUT2D eigenvalue weighted by Gasteiger charge is 2.48. The Morgan fingerprint density at radius 2 is 2.03 bits per heavy atom. The van der Waals surface area contributed by atoms with Gasteiger partial charge in [0.05, 0.1) is 18.3 Å². The molecule has 1 aromatic carbocycles. The van der Waals surface area contributed by atoms with E-state index < -0.39 is 24.2 Å². The minimum absolute atomic E-state index is 0.0656. The molecule has 1 aliphatic rings. The number of nitrogens with one attached hydrogen (secondary N) is 2. The first-order chi connectivity index (χ1) is 14.3. The highest BCUT2D eigenvalue weighted by Crippen LogP contribution is 2.46. The van der Waals surface area contributed by atoms with Crippen LogP contribution in [0.15, 0.2) is 53.1 Å². The summed E-state index contributed by atoms with van der Waals surface area (Å²) < 4.78 is 47.2. The molecule has 2 N–H and O–H groups in total. The lowest BCUT2D eigenvalue weighted by atomic mass is 10.0. The Hall–Kier alpha value is -2.94. The quantitative estimate of drug-likeness (QED) is 0.581. The molecule has 0 saturated carbocycles. The third kappa shape index (κ3) is 3.77. The van der Waals surface area contributed by atoms with Gasteiger partial charge in [0.15, 0.2) is 11.7 Å². The minimum atomic E-state index is -4.58. The lowest BCUT2D eigenvalue weighted by Crippen LogP contribution is -2.35. The van der Waals surface area contributed by atoms with E-state index in [0.29, 0.717) is 5.76 Å². The van der Waals surface area contributed by atoms with Gasteiger partial charge in [-0.3, -0.25) is 4.79 Å². The molecule has 3 heterocycles. The molecule has 30 heavy (non-hydrogen) atoms. The molecule has 4 rings (SSSR count). The van der Waals surface area contributed by atoms with Crippen LogP contribution in [-0.4, -0.2) is 21.9 Å². The molecule has 158 valence electrons. The molecular formula is C20H18ClF3N4O2. The number of hydrogen-bond acceptors (Lipinski definition) is 4. The molecule has 6 nitrogen and oxygen atoms in total. The molecule has 3 aromatic rings. The van der Waals surface area contributed by atoms with Crippen molar-refractivity contribution in [1.82, 2.24) is 15.1 Å². The normalized spacial score (nSPS) is 19.6. The van der Waals surface area contributed by atoms with Gasteiger partial charge in [0.25, 0.3) is 5.91 Å². The van der Waals surface area contributed by atoms with Crippen LogP contribution in [0.5, 0.6) is 0 Å². The summed E-state index contributed by atoms with van der Waals surface area (Å²) in [5.74, 6) is -0.379. The number of nitrogens with zero attached hydrogens (tertiary/aromatic N) is 2. The van der Waals surface area contributed by atoms with E-state index in [9.17, 15) is 18.0 Å². The summed E-state index contributed by atoms with van der Waals surface area (Å²) in [6, 6.07) is 9.26. The van der Waals surface area contributed by atoms with E-state index in [1.807, 2.05) is 30.3 Å². The van der Waals surface area contributed by atoms with Crippen molar-refractivity contribution >= 4 is 23.3 Å². The van der Waals surface area contributed by atoms with Crippen molar-refractivity contribution in [2.45, 2.75) is 37.6 Å². The fourth-order valence-corrected chi connectivity index (χ4v) is 3.77. The summed E-state index contributed by atoms with van der Waals surface area (Å²) in [4.78, 5) is 12.7. The largest absolute Gasteiger partial charge is 0.467 e. The molecular weight excluding hydrogens is 421 g/mol. The summed E-state index contributed by atoms with van der Waals surface area (Å²) in [5, 5.41) is 9.40. The van der Waals surface area contributed by atoms with Crippen LogP contribution in [0.4, 0.5) is 19.0 Å². The summed E-state index contributed by atoms with van der Waals surface area (Å²) in [6.45, 7) is 1.76. The molecule has 0 fully saturated rings. The molecule has 0 radical (unpaired) electrons. The molecule has 0 saturated heterocycles. The summed E-state index contributed by atoms with van der Waals surface area (Å²) >= 11 is 6.30. The Morgan fingerprint density at radius 3 is 2.67 bits per heavy atom. The zero-order chi connectivity index (χ0) is 21.5. The standard InChI is InChI=1S/C20H18ClF3N4O2/c1-11(12-6-3-2-4-7-12)25-19(29)17-16(21)18-26-13(14-8-5-9-30-14)10-15(20(22,23)24)28(18)27-17/h2-9,11,13,15,26H,10H2,1H3,(H,25,29)/t11?,13-,15+/m1/s1. The second kappa shape index (κ2) is 7.71. The van der Waals surface area contributed by atoms with Crippen LogP contribution in [0.1, 0.15) is 53.3 Å². The van der Waals surface area contributed by atoms with Gasteiger partial charge in [0, 0.05) is 6.42 Å². The predicted molar refractivity (Wildman–Crippen MR) is 104 cm³/mol. The monoisotopic (exact) mass is 438 g/mol. The number of anilines is 1. The van der Waals surface area contributed by atoms with Crippen molar-refractivity contribution in [2.24, 2.45) is 0 Å². The van der Waals surface area contributed by atoms with Gasteiger partial charge < -0.3 is 15.1 Å². The van der Waals surface area contributed by atoms with Gasteiger partial charge >= 0.3 is 6.18 Å². The average molecular weight is 439 g/mol. The average Bonchev–Trinajstić information content (AvgIpc) is 3.36. The predicted octanol–water partition coefficient (Wildman–Crippen LogP) is 5.28. The third-order valence-electron chi connectivity index (χ3n) is 5.04. The highest BCUT2D eigenvalue weighted by molar-refractivity contribution is 6.36. The van der Waals surface area contributed by atoms with Crippen LogP contribution in [-0.2, 0) is 0 Å². The molecule has 0 bridgehead atoms. The topological polar surface area (TPSA) is 72.1 Å². The first-order valence-corrected chi connectivity index (χ1v) is 9.64. The first kappa shape index (κ1) is 20.3. The minimum Gasteiger partial charge on any atom is -0.467 e. The molecule has 1 amide bonds. The third-order valence-corrected chi connectivity index (χ3v) is 5.40. The molecule has 10 heteroatoms. The summed E-state index contributed by atoms with van der Waals surface area (Å²) in [6.07, 6.45) is -3.54. The van der Waals surface area contributed by atoms with Crippen molar-refractivity contribution in [1.29, 1.82) is 0 Å². The van der Waals surface area contributed by atoms with Crippen molar-refractivity contribution in [2.75, 3.05) is 5.32 Å². The van der Waals surface area contributed by atoms with Crippen molar-refractivity contribution in [3.8, 4) is 0 Å². The molecule has 2 aromatic heterocycles. The van der Waals surface area contributed by atoms with E-state index in [1.165, 1.54) is 6.26 Å². The lowest BCUT2D eigenvalue weighted by molar-refractivity contribution is -0.174. The summed E-state index contributed by atoms with van der Waals surface area (Å²) in [7, 11) is 0. The van der Waals surface area contributed by atoms with E-state index in [4.69, 9.17) is 16.0 Å². The second-order valence-electron chi connectivity index (χ2n) is 7.07. The number of fused-ring (bicyclic) bond motifs is 1. The number of alkyl halides is 3. The maximum Gasteiger partial charge on any atom is 0.410 e. The number of carbonyl (C=O) groups is 1. The van der Waals surface area contributed by atoms with Crippen LogP contribution in [0, 0.1) is 0 Å². The van der Waals surface area contributed by atoms with Crippen LogP contribution < -0.4 is 10.6 Å². The van der Waals surface area contributed by atoms with Crippen LogP contribution in [0.3, 0.4) is 0 Å². The molecule has 0 spiro atoms. The number of furan rings is 1. The summed E-state index contributed by atoms with van der Waals surface area (Å²) in [5.41, 5.74) is 0.575. The Labute approximate surface area is 175 Å². The van der Waals surface area contributed by atoms with Gasteiger partial charge in [-0.15, -0.1) is 0 Å². The van der Waals surface area contributed by atoms with Gasteiger partial charge in [-0.05, 0) is 24.6 Å². The Balaban J connectivity index is 1.65. The van der Waals surface area contributed by atoms with Crippen molar-refractivity contribution in [3.63, 3.8) is 0 Å². The van der Waals surface area contributed by atoms with Gasteiger partial charge in [-0.25, -0.2) is 4.68 Å². The fourth-order valence-electron chi connectivity index (χ4n) is 3.50. The maximum absolute atomic E-state index is 13.7. The number of hydrogen-bond donors (Lipinski definition) is 2. The Kier molecular flexibility index (Phi) is 5.23. The van der Waals surface area contributed by atoms with E-state index in [2.05, 4.69) is 15.7 Å². The Bertz CT molecular complexity index is 1030. The fraction of sp³-hybridized carbons (Fsp3) is 0.300. The van der Waals surface area contributed by atoms with E-state index in [1.54, 1.807) is 19.1 Å². The van der Waals surface area contributed by atoms with Gasteiger partial charge in [-0.2, -0.15) is 18.3 Å². The van der Waals surface area contributed by atoms with Gasteiger partial charge in [-0.1, -0.05) is 41.9 Å². The number of rotatable bonds is 4. The number of halogens is 4. The molecule has 0 aliphatic carbocycles. The highest BCUT2D eigenvalue weighted by atomic mass is 35.5. The van der Waals surface area contributed by atoms with E-state index in [-0.39, 0.29) is 29.0 Å². The smallest absolute Gasteiger partial charge is 0.410 e. The van der Waals surface area contributed by atoms with Crippen molar-refractivity contribution in [3.05, 3.63) is 70.8 Å². The van der Waals surface area contributed by atoms with Crippen molar-refractivity contribution < 1.29 is 22.4 Å². The first-order valence-electron chi connectivity index (χ1n) is 9.26. The number of benzene rings is 1. The number of carbonyl (C=O) groups excluding carboxylic acids is 1. The number of amides is 1. The van der Waals surface area contributed by atoms with Gasteiger partial charge in [0.2, 0.25) is 0 Å². The second-order valence-corrected chi connectivity index (χ2v) is 7.45. The van der Waals surface area contributed by atoms with E-state index >= 15 is 0 Å². The van der Waals surface area contributed by atoms with Crippen LogP contribution in [0.2, 0.25) is 5.02 Å². The SMILES string of the molecule is CC(NC(=O)c1nn2c(c1Cl)N[C@@H](c1ccco1)C[C@H]2C(F)(F)F)c1ccccc1. The zero-order valence-electron chi connectivity index (χ0n) is 15.8.